The first-order chi connectivity index (χ1) is 15.1. The van der Waals surface area contributed by atoms with Crippen LogP contribution in [0.2, 0.25) is 5.02 Å². The highest BCUT2D eigenvalue weighted by molar-refractivity contribution is 7.93. The number of carbonyl (C=O) groups excluding carboxylic acids is 1. The Hall–Kier alpha value is -2.51. The van der Waals surface area contributed by atoms with E-state index >= 15 is 0 Å². The van der Waals surface area contributed by atoms with Crippen molar-refractivity contribution in [1.29, 1.82) is 0 Å². The summed E-state index contributed by atoms with van der Waals surface area (Å²) in [4.78, 5) is 15.0. The molecule has 170 valence electrons. The number of hydrogen-bond acceptors (Lipinski definition) is 4. The second kappa shape index (κ2) is 8.45. The number of nitrogens with zero attached hydrogens (tertiary/aromatic N) is 1. The van der Waals surface area contributed by atoms with Crippen molar-refractivity contribution in [3.8, 4) is 0 Å². The van der Waals surface area contributed by atoms with E-state index in [0.29, 0.717) is 45.9 Å². The van der Waals surface area contributed by atoms with Crippen LogP contribution in [-0.2, 0) is 10.0 Å². The Balaban J connectivity index is 1.85. The summed E-state index contributed by atoms with van der Waals surface area (Å²) in [5, 5.41) is 1.17. The van der Waals surface area contributed by atoms with Gasteiger partial charge in [-0.3, -0.25) is 9.52 Å². The van der Waals surface area contributed by atoms with Gasteiger partial charge in [0.15, 0.2) is 11.3 Å². The van der Waals surface area contributed by atoms with E-state index in [1.54, 1.807) is 36.9 Å². The summed E-state index contributed by atoms with van der Waals surface area (Å²) >= 11 is 6.02. The van der Waals surface area contributed by atoms with E-state index in [-0.39, 0.29) is 22.1 Å². The van der Waals surface area contributed by atoms with E-state index in [4.69, 9.17) is 16.0 Å². The number of benzene rings is 2. The van der Waals surface area contributed by atoms with Gasteiger partial charge >= 0.3 is 0 Å². The molecule has 0 atom stereocenters. The zero-order valence-corrected chi connectivity index (χ0v) is 20.3. The molecule has 1 aliphatic heterocycles. The highest BCUT2D eigenvalue weighted by Gasteiger charge is 2.30. The monoisotopic (exact) mass is 474 g/mol. The number of rotatable bonds is 4. The van der Waals surface area contributed by atoms with Crippen LogP contribution >= 0.6 is 11.6 Å². The molecule has 0 radical (unpaired) electrons. The van der Waals surface area contributed by atoms with E-state index in [2.05, 4.69) is 4.72 Å². The van der Waals surface area contributed by atoms with Gasteiger partial charge in [0, 0.05) is 29.1 Å². The van der Waals surface area contributed by atoms with E-state index in [0.717, 1.165) is 24.8 Å². The maximum atomic E-state index is 13.5. The molecule has 1 saturated heterocycles. The molecule has 3 aromatic rings. The SMILES string of the molecule is Cc1cc(Cl)ccc1NS(=O)(=O)c1c(C)c(C)cc2c(C)c(C(=O)N3CCCCC3)oc12. The van der Waals surface area contributed by atoms with Crippen molar-refractivity contribution in [3.05, 3.63) is 57.3 Å². The zero-order valence-electron chi connectivity index (χ0n) is 18.7. The Morgan fingerprint density at radius 2 is 1.69 bits per heavy atom. The lowest BCUT2D eigenvalue weighted by Gasteiger charge is -2.25. The van der Waals surface area contributed by atoms with Gasteiger partial charge in [-0.15, -0.1) is 0 Å². The number of piperidine rings is 1. The first-order valence-corrected chi connectivity index (χ1v) is 12.6. The van der Waals surface area contributed by atoms with Crippen LogP contribution in [0.4, 0.5) is 5.69 Å². The maximum absolute atomic E-state index is 13.5. The second-order valence-electron chi connectivity index (χ2n) is 8.50. The lowest BCUT2D eigenvalue weighted by Crippen LogP contribution is -2.35. The molecule has 1 amide bonds. The molecule has 1 fully saturated rings. The number of hydrogen-bond donors (Lipinski definition) is 1. The molecule has 6 nitrogen and oxygen atoms in total. The third-order valence-corrected chi connectivity index (χ3v) is 7.98. The van der Waals surface area contributed by atoms with Crippen molar-refractivity contribution in [1.82, 2.24) is 4.90 Å². The summed E-state index contributed by atoms with van der Waals surface area (Å²) in [6, 6.07) is 6.86. The number of sulfonamides is 1. The van der Waals surface area contributed by atoms with E-state index < -0.39 is 10.0 Å². The number of nitrogens with one attached hydrogen (secondary N) is 1. The molecule has 2 heterocycles. The molecular weight excluding hydrogens is 448 g/mol. The lowest BCUT2D eigenvalue weighted by atomic mass is 10.0. The van der Waals surface area contributed by atoms with E-state index in [1.807, 2.05) is 19.9 Å². The Labute approximate surface area is 193 Å². The minimum atomic E-state index is -3.99. The molecule has 4 rings (SSSR count). The Bertz CT molecular complexity index is 1320. The molecule has 1 aliphatic rings. The molecule has 0 spiro atoms. The summed E-state index contributed by atoms with van der Waals surface area (Å²) in [6.07, 6.45) is 3.04. The van der Waals surface area contributed by atoms with Gasteiger partial charge in [0.1, 0.15) is 4.90 Å². The average Bonchev–Trinajstić information content (AvgIpc) is 3.06. The molecule has 1 aromatic heterocycles. The number of halogens is 1. The molecule has 0 aliphatic carbocycles. The second-order valence-corrected chi connectivity index (χ2v) is 10.6. The number of furan rings is 1. The number of fused-ring (bicyclic) bond motifs is 1. The van der Waals surface area contributed by atoms with Crippen LogP contribution in [-0.4, -0.2) is 32.3 Å². The molecule has 2 aromatic carbocycles. The fourth-order valence-corrected chi connectivity index (χ4v) is 6.06. The number of amides is 1. The van der Waals surface area contributed by atoms with Crippen LogP contribution in [0.25, 0.3) is 11.0 Å². The minimum absolute atomic E-state index is 0.0580. The van der Waals surface area contributed by atoms with E-state index in [9.17, 15) is 13.2 Å². The van der Waals surface area contributed by atoms with Crippen LogP contribution in [0.15, 0.2) is 33.6 Å². The van der Waals surface area contributed by atoms with Crippen molar-refractivity contribution in [3.63, 3.8) is 0 Å². The summed E-state index contributed by atoms with van der Waals surface area (Å²) in [5.74, 6) is 0.0320. The lowest BCUT2D eigenvalue weighted by molar-refractivity contribution is 0.0693. The van der Waals surface area contributed by atoms with Gasteiger partial charge in [0.25, 0.3) is 15.9 Å². The quantitative estimate of drug-likeness (QED) is 0.522. The van der Waals surface area contributed by atoms with Crippen LogP contribution < -0.4 is 4.72 Å². The average molecular weight is 475 g/mol. The molecule has 0 unspecified atom stereocenters. The number of anilines is 1. The zero-order chi connectivity index (χ0) is 23.2. The highest BCUT2D eigenvalue weighted by Crippen LogP contribution is 2.36. The fraction of sp³-hybridized carbons (Fsp3) is 0.375. The van der Waals surface area contributed by atoms with Crippen LogP contribution in [0.3, 0.4) is 0 Å². The van der Waals surface area contributed by atoms with Gasteiger partial charge in [-0.25, -0.2) is 8.42 Å². The summed E-state index contributed by atoms with van der Waals surface area (Å²) in [5.41, 5.74) is 3.42. The Morgan fingerprint density at radius 3 is 2.34 bits per heavy atom. The third-order valence-electron chi connectivity index (χ3n) is 6.23. The largest absolute Gasteiger partial charge is 0.449 e. The number of likely N-dealkylation sites (tertiary alicyclic amines) is 1. The number of aryl methyl sites for hydroxylation is 3. The molecule has 8 heteroatoms. The highest BCUT2D eigenvalue weighted by atomic mass is 35.5. The standard InChI is InChI=1S/C24H27ClN2O4S/c1-14-13-19-17(4)21(24(28)27-10-6-5-7-11-27)31-22(19)23(16(14)3)32(29,30)26-20-9-8-18(25)12-15(20)2/h8-9,12-13,26H,5-7,10-11H2,1-4H3. The molecular formula is C24H27ClN2O4S. The van der Waals surface area contributed by atoms with Gasteiger partial charge in [-0.2, -0.15) is 0 Å². The molecule has 1 N–H and O–H groups in total. The van der Waals surface area contributed by atoms with Gasteiger partial charge in [-0.1, -0.05) is 11.6 Å². The minimum Gasteiger partial charge on any atom is -0.449 e. The van der Waals surface area contributed by atoms with Gasteiger partial charge in [0.2, 0.25) is 0 Å². The summed E-state index contributed by atoms with van der Waals surface area (Å²) in [7, 11) is -3.99. The van der Waals surface area contributed by atoms with Crippen molar-refractivity contribution < 1.29 is 17.6 Å². The van der Waals surface area contributed by atoms with Crippen LogP contribution in [0, 0.1) is 27.7 Å². The fourth-order valence-electron chi connectivity index (χ4n) is 4.25. The van der Waals surface area contributed by atoms with E-state index in [1.165, 1.54) is 0 Å². The smallest absolute Gasteiger partial charge is 0.289 e. The first-order valence-electron chi connectivity index (χ1n) is 10.7. The molecule has 0 saturated carbocycles. The van der Waals surface area contributed by atoms with Crippen molar-refractivity contribution in [2.75, 3.05) is 17.8 Å². The van der Waals surface area contributed by atoms with Crippen molar-refractivity contribution in [2.45, 2.75) is 51.9 Å². The normalized spacial score (nSPS) is 14.7. The first kappa shape index (κ1) is 22.7. The Morgan fingerprint density at radius 1 is 1.00 bits per heavy atom. The topological polar surface area (TPSA) is 79.6 Å². The summed E-state index contributed by atoms with van der Waals surface area (Å²) < 4.78 is 35.7. The van der Waals surface area contributed by atoms with Crippen molar-refractivity contribution in [2.24, 2.45) is 0 Å². The van der Waals surface area contributed by atoms with Crippen molar-refractivity contribution >= 4 is 44.2 Å². The van der Waals surface area contributed by atoms with Crippen LogP contribution in [0.5, 0.6) is 0 Å². The maximum Gasteiger partial charge on any atom is 0.289 e. The van der Waals surface area contributed by atoms with Gasteiger partial charge < -0.3 is 9.32 Å². The number of carbonyl (C=O) groups is 1. The van der Waals surface area contributed by atoms with Crippen LogP contribution in [0.1, 0.15) is 52.1 Å². The molecule has 0 bridgehead atoms. The Kier molecular flexibility index (Phi) is 5.98. The summed E-state index contributed by atoms with van der Waals surface area (Å²) in [6.45, 7) is 8.59. The predicted molar refractivity (Wildman–Crippen MR) is 127 cm³/mol. The van der Waals surface area contributed by atoms with Gasteiger partial charge in [-0.05, 0) is 87.9 Å². The predicted octanol–water partition coefficient (Wildman–Crippen LogP) is 5.75. The van der Waals surface area contributed by atoms with Gasteiger partial charge in [0.05, 0.1) is 5.69 Å². The molecule has 32 heavy (non-hydrogen) atoms. The third kappa shape index (κ3) is 3.99.